The summed E-state index contributed by atoms with van der Waals surface area (Å²) in [6.07, 6.45) is 0.235. The predicted molar refractivity (Wildman–Crippen MR) is 106 cm³/mol. The second kappa shape index (κ2) is 9.74. The quantitative estimate of drug-likeness (QED) is 0.792. The summed E-state index contributed by atoms with van der Waals surface area (Å²) in [6.45, 7) is 5.00. The van der Waals surface area contributed by atoms with Crippen molar-refractivity contribution in [3.63, 3.8) is 0 Å². The van der Waals surface area contributed by atoms with Crippen molar-refractivity contribution in [2.75, 3.05) is 33.4 Å². The molecule has 2 aromatic carbocycles. The number of ether oxygens (including phenoxy) is 2. The number of hydrogen-bond donors (Lipinski definition) is 1. The number of nitrogens with one attached hydrogen (secondary N) is 1. The van der Waals surface area contributed by atoms with E-state index >= 15 is 0 Å². The maximum absolute atomic E-state index is 12.3. The van der Waals surface area contributed by atoms with Crippen LogP contribution in [-0.4, -0.2) is 44.2 Å². The number of nitrogens with zero attached hydrogens (tertiary/aromatic N) is 1. The lowest BCUT2D eigenvalue weighted by molar-refractivity contribution is -0.120. The van der Waals surface area contributed by atoms with Crippen molar-refractivity contribution in [2.24, 2.45) is 0 Å². The zero-order valence-electron chi connectivity index (χ0n) is 15.5. The first kappa shape index (κ1) is 19.7. The minimum atomic E-state index is -0.0621. The lowest BCUT2D eigenvalue weighted by Gasteiger charge is -2.26. The number of hydrogen-bond acceptors (Lipinski definition) is 4. The largest absolute Gasteiger partial charge is 0.496 e. The van der Waals surface area contributed by atoms with E-state index < -0.39 is 0 Å². The average molecular weight is 389 g/mol. The Morgan fingerprint density at radius 1 is 1.15 bits per heavy atom. The van der Waals surface area contributed by atoms with E-state index in [1.54, 1.807) is 25.3 Å². The van der Waals surface area contributed by atoms with Crippen LogP contribution in [0.4, 0.5) is 0 Å². The van der Waals surface area contributed by atoms with Crippen molar-refractivity contribution in [1.82, 2.24) is 10.2 Å². The Bertz CT molecular complexity index is 759. The number of rotatable bonds is 7. The highest BCUT2D eigenvalue weighted by atomic mass is 35.5. The van der Waals surface area contributed by atoms with Gasteiger partial charge in [0.1, 0.15) is 5.75 Å². The van der Waals surface area contributed by atoms with Gasteiger partial charge < -0.3 is 14.8 Å². The van der Waals surface area contributed by atoms with E-state index in [1.165, 1.54) is 5.56 Å². The zero-order valence-corrected chi connectivity index (χ0v) is 16.3. The zero-order chi connectivity index (χ0) is 19.1. The van der Waals surface area contributed by atoms with Crippen LogP contribution in [0, 0.1) is 0 Å². The molecular formula is C21H25ClN2O3. The molecule has 0 saturated carbocycles. The molecule has 1 amide bonds. The van der Waals surface area contributed by atoms with Crippen molar-refractivity contribution >= 4 is 17.5 Å². The van der Waals surface area contributed by atoms with E-state index in [0.29, 0.717) is 17.3 Å². The molecule has 0 bridgehead atoms. The van der Waals surface area contributed by atoms with Gasteiger partial charge in [-0.25, -0.2) is 0 Å². The minimum Gasteiger partial charge on any atom is -0.496 e. The average Bonchev–Trinajstić information content (AvgIpc) is 2.68. The second-order valence-corrected chi connectivity index (χ2v) is 7.05. The van der Waals surface area contributed by atoms with Gasteiger partial charge >= 0.3 is 0 Å². The van der Waals surface area contributed by atoms with Crippen LogP contribution < -0.4 is 10.1 Å². The number of halogens is 1. The molecule has 1 N–H and O–H groups in total. The van der Waals surface area contributed by atoms with Gasteiger partial charge in [0, 0.05) is 36.8 Å². The van der Waals surface area contributed by atoms with Crippen LogP contribution in [0.2, 0.25) is 5.02 Å². The molecule has 0 radical (unpaired) electrons. The van der Waals surface area contributed by atoms with E-state index in [0.717, 1.165) is 44.0 Å². The second-order valence-electron chi connectivity index (χ2n) is 6.61. The molecule has 0 aliphatic carbocycles. The van der Waals surface area contributed by atoms with Crippen LogP contribution in [0.15, 0.2) is 42.5 Å². The van der Waals surface area contributed by atoms with E-state index in [4.69, 9.17) is 21.1 Å². The van der Waals surface area contributed by atoms with Crippen LogP contribution in [0.3, 0.4) is 0 Å². The fraction of sp³-hybridized carbons (Fsp3) is 0.381. The Hall–Kier alpha value is -2.08. The van der Waals surface area contributed by atoms with E-state index in [1.807, 2.05) is 0 Å². The lowest BCUT2D eigenvalue weighted by Crippen LogP contribution is -2.35. The predicted octanol–water partition coefficient (Wildman–Crippen LogP) is 3.04. The molecule has 27 heavy (non-hydrogen) atoms. The number of benzene rings is 2. The van der Waals surface area contributed by atoms with Gasteiger partial charge in [0.15, 0.2) is 0 Å². The van der Waals surface area contributed by atoms with Gasteiger partial charge in [-0.15, -0.1) is 0 Å². The molecule has 1 heterocycles. The number of amides is 1. The summed E-state index contributed by atoms with van der Waals surface area (Å²) in [6, 6.07) is 13.7. The molecule has 0 unspecified atom stereocenters. The van der Waals surface area contributed by atoms with Crippen LogP contribution >= 0.6 is 11.6 Å². The Labute approximate surface area is 165 Å². The number of carbonyl (C=O) groups is 1. The summed E-state index contributed by atoms with van der Waals surface area (Å²) < 4.78 is 10.7. The molecule has 0 atom stereocenters. The Morgan fingerprint density at radius 2 is 1.85 bits per heavy atom. The van der Waals surface area contributed by atoms with E-state index in [2.05, 4.69) is 34.5 Å². The fourth-order valence-electron chi connectivity index (χ4n) is 3.10. The molecule has 0 aromatic heterocycles. The number of morpholine rings is 1. The Kier molecular flexibility index (Phi) is 7.10. The Balaban J connectivity index is 1.49. The monoisotopic (exact) mass is 388 g/mol. The van der Waals surface area contributed by atoms with Gasteiger partial charge in [-0.1, -0.05) is 35.9 Å². The molecule has 1 saturated heterocycles. The van der Waals surface area contributed by atoms with Crippen LogP contribution in [-0.2, 0) is 29.0 Å². The van der Waals surface area contributed by atoms with Crippen molar-refractivity contribution in [3.05, 3.63) is 64.2 Å². The standard InChI is InChI=1S/C21H25ClN2O3/c1-26-20-7-6-19(22)12-18(20)13-21(25)23-14-16-2-4-17(5-3-16)15-24-8-10-27-11-9-24/h2-7,12H,8-11,13-15H2,1H3,(H,23,25). The summed E-state index contributed by atoms with van der Waals surface area (Å²) in [7, 11) is 1.59. The van der Waals surface area contributed by atoms with E-state index in [9.17, 15) is 4.79 Å². The van der Waals surface area contributed by atoms with Gasteiger partial charge in [-0.3, -0.25) is 9.69 Å². The summed E-state index contributed by atoms with van der Waals surface area (Å²) in [4.78, 5) is 14.7. The molecule has 144 valence electrons. The van der Waals surface area contributed by atoms with Crippen molar-refractivity contribution in [2.45, 2.75) is 19.5 Å². The summed E-state index contributed by atoms with van der Waals surface area (Å²) in [5.41, 5.74) is 3.13. The van der Waals surface area contributed by atoms with Crippen molar-refractivity contribution < 1.29 is 14.3 Å². The Morgan fingerprint density at radius 3 is 2.56 bits per heavy atom. The van der Waals surface area contributed by atoms with Crippen molar-refractivity contribution in [1.29, 1.82) is 0 Å². The highest BCUT2D eigenvalue weighted by Gasteiger charge is 2.11. The highest BCUT2D eigenvalue weighted by Crippen LogP contribution is 2.23. The first-order valence-corrected chi connectivity index (χ1v) is 9.49. The molecule has 1 aliphatic heterocycles. The van der Waals surface area contributed by atoms with Crippen LogP contribution in [0.5, 0.6) is 5.75 Å². The van der Waals surface area contributed by atoms with Gasteiger partial charge in [-0.05, 0) is 29.3 Å². The van der Waals surface area contributed by atoms with Gasteiger partial charge in [0.25, 0.3) is 0 Å². The third kappa shape index (κ3) is 5.96. The summed E-state index contributed by atoms with van der Waals surface area (Å²) in [5.74, 6) is 0.606. The molecule has 2 aromatic rings. The number of methoxy groups -OCH3 is 1. The lowest BCUT2D eigenvalue weighted by atomic mass is 10.1. The maximum atomic E-state index is 12.3. The normalized spacial score (nSPS) is 14.7. The molecule has 3 rings (SSSR count). The fourth-order valence-corrected chi connectivity index (χ4v) is 3.30. The van der Waals surface area contributed by atoms with E-state index in [-0.39, 0.29) is 12.3 Å². The summed E-state index contributed by atoms with van der Waals surface area (Å²) in [5, 5.41) is 3.55. The summed E-state index contributed by atoms with van der Waals surface area (Å²) >= 11 is 6.02. The van der Waals surface area contributed by atoms with Gasteiger partial charge in [0.05, 0.1) is 26.7 Å². The topological polar surface area (TPSA) is 50.8 Å². The SMILES string of the molecule is COc1ccc(Cl)cc1CC(=O)NCc1ccc(CN2CCOCC2)cc1. The molecule has 6 heteroatoms. The molecule has 5 nitrogen and oxygen atoms in total. The van der Waals surface area contributed by atoms with Crippen molar-refractivity contribution in [3.8, 4) is 5.75 Å². The smallest absolute Gasteiger partial charge is 0.224 e. The maximum Gasteiger partial charge on any atom is 0.224 e. The third-order valence-electron chi connectivity index (χ3n) is 4.62. The molecule has 1 aliphatic rings. The third-order valence-corrected chi connectivity index (χ3v) is 4.85. The van der Waals surface area contributed by atoms with Crippen LogP contribution in [0.1, 0.15) is 16.7 Å². The number of carbonyl (C=O) groups excluding carboxylic acids is 1. The van der Waals surface area contributed by atoms with Crippen LogP contribution in [0.25, 0.3) is 0 Å². The first-order chi connectivity index (χ1) is 13.1. The minimum absolute atomic E-state index is 0.0621. The first-order valence-electron chi connectivity index (χ1n) is 9.11. The molecule has 1 fully saturated rings. The van der Waals surface area contributed by atoms with Gasteiger partial charge in [0.2, 0.25) is 5.91 Å². The highest BCUT2D eigenvalue weighted by molar-refractivity contribution is 6.30. The molecular weight excluding hydrogens is 364 g/mol. The van der Waals surface area contributed by atoms with Gasteiger partial charge in [-0.2, -0.15) is 0 Å². The molecule has 0 spiro atoms.